The summed E-state index contributed by atoms with van der Waals surface area (Å²) in [6, 6.07) is 15.3. The van der Waals surface area contributed by atoms with Gasteiger partial charge in [0, 0.05) is 5.69 Å². The molecule has 0 aliphatic rings. The van der Waals surface area contributed by atoms with E-state index < -0.39 is 0 Å². The standard InChI is InChI=1S/C16H15N3O/c1-2-11-7-3-5-9-13(11)17-16-18-14-10-6-4-8-12(14)15(20)19-16/h3-10H,2H2,1H3,(H2,17,18,19,20). The fourth-order valence-electron chi connectivity index (χ4n) is 2.22. The van der Waals surface area contributed by atoms with E-state index in [0.717, 1.165) is 12.1 Å². The molecule has 4 nitrogen and oxygen atoms in total. The van der Waals surface area contributed by atoms with Crippen LogP contribution in [0, 0.1) is 0 Å². The number of nitrogens with one attached hydrogen (secondary N) is 2. The highest BCUT2D eigenvalue weighted by molar-refractivity contribution is 5.78. The number of aromatic nitrogens is 2. The molecule has 3 aromatic rings. The van der Waals surface area contributed by atoms with Gasteiger partial charge in [-0.1, -0.05) is 37.3 Å². The lowest BCUT2D eigenvalue weighted by Crippen LogP contribution is -2.11. The van der Waals surface area contributed by atoms with Gasteiger partial charge in [-0.25, -0.2) is 4.98 Å². The second-order valence-corrected chi connectivity index (χ2v) is 4.57. The topological polar surface area (TPSA) is 57.8 Å². The molecule has 0 bridgehead atoms. The number of fused-ring (bicyclic) bond motifs is 1. The van der Waals surface area contributed by atoms with Gasteiger partial charge in [0.1, 0.15) is 0 Å². The number of rotatable bonds is 3. The maximum absolute atomic E-state index is 12.0. The van der Waals surface area contributed by atoms with Crippen LogP contribution in [-0.2, 0) is 6.42 Å². The third-order valence-corrected chi connectivity index (χ3v) is 3.26. The first-order valence-electron chi connectivity index (χ1n) is 6.62. The Morgan fingerprint density at radius 1 is 1.10 bits per heavy atom. The van der Waals surface area contributed by atoms with Gasteiger partial charge in [0.2, 0.25) is 5.95 Å². The van der Waals surface area contributed by atoms with Crippen molar-refractivity contribution in [1.29, 1.82) is 0 Å². The molecule has 0 saturated heterocycles. The third-order valence-electron chi connectivity index (χ3n) is 3.26. The molecule has 0 spiro atoms. The molecule has 20 heavy (non-hydrogen) atoms. The normalized spacial score (nSPS) is 10.7. The summed E-state index contributed by atoms with van der Waals surface area (Å²) in [6.45, 7) is 2.09. The summed E-state index contributed by atoms with van der Waals surface area (Å²) >= 11 is 0. The summed E-state index contributed by atoms with van der Waals surface area (Å²) in [5, 5.41) is 3.79. The highest BCUT2D eigenvalue weighted by atomic mass is 16.1. The Hall–Kier alpha value is -2.62. The predicted molar refractivity (Wildman–Crippen MR) is 81.5 cm³/mol. The highest BCUT2D eigenvalue weighted by Crippen LogP contribution is 2.19. The van der Waals surface area contributed by atoms with Gasteiger partial charge < -0.3 is 5.32 Å². The Balaban J connectivity index is 2.05. The molecule has 2 N–H and O–H groups in total. The van der Waals surface area contributed by atoms with E-state index in [2.05, 4.69) is 28.3 Å². The summed E-state index contributed by atoms with van der Waals surface area (Å²) in [4.78, 5) is 19.2. The summed E-state index contributed by atoms with van der Waals surface area (Å²) in [5.74, 6) is 0.467. The molecule has 3 rings (SSSR count). The zero-order valence-corrected chi connectivity index (χ0v) is 11.2. The summed E-state index contributed by atoms with van der Waals surface area (Å²) in [6.07, 6.45) is 0.918. The van der Waals surface area contributed by atoms with E-state index in [1.54, 1.807) is 6.07 Å². The second-order valence-electron chi connectivity index (χ2n) is 4.57. The van der Waals surface area contributed by atoms with Crippen LogP contribution in [0.4, 0.5) is 11.6 Å². The molecule has 0 radical (unpaired) electrons. The van der Waals surface area contributed by atoms with Gasteiger partial charge in [-0.05, 0) is 30.2 Å². The van der Waals surface area contributed by atoms with Crippen LogP contribution in [0.15, 0.2) is 53.3 Å². The second kappa shape index (κ2) is 5.17. The van der Waals surface area contributed by atoms with Gasteiger partial charge in [0.15, 0.2) is 0 Å². The maximum Gasteiger partial charge on any atom is 0.260 e. The average Bonchev–Trinajstić information content (AvgIpc) is 2.48. The average molecular weight is 265 g/mol. The Labute approximate surface area is 116 Å². The van der Waals surface area contributed by atoms with Crippen LogP contribution in [0.25, 0.3) is 10.9 Å². The maximum atomic E-state index is 12.0. The molecule has 1 heterocycles. The number of H-pyrrole nitrogens is 1. The number of aromatic amines is 1. The lowest BCUT2D eigenvalue weighted by molar-refractivity contribution is 1.12. The summed E-state index contributed by atoms with van der Waals surface area (Å²) in [7, 11) is 0. The Kier molecular flexibility index (Phi) is 3.21. The van der Waals surface area contributed by atoms with Crippen LogP contribution in [0.2, 0.25) is 0 Å². The van der Waals surface area contributed by atoms with Crippen LogP contribution < -0.4 is 10.9 Å². The summed E-state index contributed by atoms with van der Waals surface area (Å²) < 4.78 is 0. The molecule has 0 aliphatic heterocycles. The zero-order chi connectivity index (χ0) is 13.9. The molecule has 0 atom stereocenters. The molecule has 0 unspecified atom stereocenters. The number of nitrogens with zero attached hydrogens (tertiary/aromatic N) is 1. The Morgan fingerprint density at radius 3 is 2.70 bits per heavy atom. The third kappa shape index (κ3) is 2.28. The van der Waals surface area contributed by atoms with Crippen molar-refractivity contribution in [2.24, 2.45) is 0 Å². The first kappa shape index (κ1) is 12.4. The SMILES string of the molecule is CCc1ccccc1Nc1nc2ccccc2c(=O)[nH]1. The van der Waals surface area contributed by atoms with Crippen molar-refractivity contribution >= 4 is 22.5 Å². The van der Waals surface area contributed by atoms with E-state index in [1.807, 2.05) is 36.4 Å². The van der Waals surface area contributed by atoms with Gasteiger partial charge in [-0.2, -0.15) is 0 Å². The van der Waals surface area contributed by atoms with E-state index in [1.165, 1.54) is 5.56 Å². The van der Waals surface area contributed by atoms with Crippen LogP contribution in [-0.4, -0.2) is 9.97 Å². The van der Waals surface area contributed by atoms with E-state index in [0.29, 0.717) is 16.9 Å². The van der Waals surface area contributed by atoms with E-state index in [4.69, 9.17) is 0 Å². The predicted octanol–water partition coefficient (Wildman–Crippen LogP) is 3.23. The number of hydrogen-bond donors (Lipinski definition) is 2. The number of hydrogen-bond acceptors (Lipinski definition) is 3. The first-order chi connectivity index (χ1) is 9.78. The minimum atomic E-state index is -0.132. The van der Waals surface area contributed by atoms with Crippen molar-refractivity contribution in [3.8, 4) is 0 Å². The van der Waals surface area contributed by atoms with Crippen molar-refractivity contribution in [2.75, 3.05) is 5.32 Å². The van der Waals surface area contributed by atoms with Crippen LogP contribution in [0.3, 0.4) is 0 Å². The highest BCUT2D eigenvalue weighted by Gasteiger charge is 2.05. The van der Waals surface area contributed by atoms with Gasteiger partial charge >= 0.3 is 0 Å². The molecule has 0 saturated carbocycles. The van der Waals surface area contributed by atoms with Crippen molar-refractivity contribution in [2.45, 2.75) is 13.3 Å². The molecule has 0 amide bonds. The molecule has 2 aromatic carbocycles. The Morgan fingerprint density at radius 2 is 1.85 bits per heavy atom. The van der Waals surface area contributed by atoms with Crippen molar-refractivity contribution in [3.05, 3.63) is 64.4 Å². The molecule has 4 heteroatoms. The molecule has 0 fully saturated rings. The first-order valence-corrected chi connectivity index (χ1v) is 6.62. The molecule has 0 aliphatic carbocycles. The Bertz CT molecular complexity index is 808. The van der Waals surface area contributed by atoms with E-state index >= 15 is 0 Å². The van der Waals surface area contributed by atoms with Crippen LogP contribution in [0.5, 0.6) is 0 Å². The van der Waals surface area contributed by atoms with Gasteiger partial charge in [0.05, 0.1) is 10.9 Å². The monoisotopic (exact) mass is 265 g/mol. The number of aryl methyl sites for hydroxylation is 1. The number of anilines is 2. The van der Waals surface area contributed by atoms with Crippen molar-refractivity contribution in [1.82, 2.24) is 9.97 Å². The van der Waals surface area contributed by atoms with Gasteiger partial charge in [-0.3, -0.25) is 9.78 Å². The lowest BCUT2D eigenvalue weighted by Gasteiger charge is -2.10. The largest absolute Gasteiger partial charge is 0.325 e. The molecule has 1 aromatic heterocycles. The number of para-hydroxylation sites is 2. The van der Waals surface area contributed by atoms with Crippen molar-refractivity contribution < 1.29 is 0 Å². The minimum absolute atomic E-state index is 0.132. The fourth-order valence-corrected chi connectivity index (χ4v) is 2.22. The van der Waals surface area contributed by atoms with Crippen LogP contribution >= 0.6 is 0 Å². The zero-order valence-electron chi connectivity index (χ0n) is 11.2. The van der Waals surface area contributed by atoms with Gasteiger partial charge in [0.25, 0.3) is 5.56 Å². The fraction of sp³-hybridized carbons (Fsp3) is 0.125. The van der Waals surface area contributed by atoms with Crippen LogP contribution in [0.1, 0.15) is 12.5 Å². The summed E-state index contributed by atoms with van der Waals surface area (Å²) in [5.41, 5.74) is 2.71. The van der Waals surface area contributed by atoms with E-state index in [9.17, 15) is 4.79 Å². The molecular formula is C16H15N3O. The molecular weight excluding hydrogens is 250 g/mol. The minimum Gasteiger partial charge on any atom is -0.325 e. The van der Waals surface area contributed by atoms with Gasteiger partial charge in [-0.15, -0.1) is 0 Å². The smallest absolute Gasteiger partial charge is 0.260 e. The van der Waals surface area contributed by atoms with E-state index in [-0.39, 0.29) is 5.56 Å². The lowest BCUT2D eigenvalue weighted by atomic mass is 10.1. The van der Waals surface area contributed by atoms with Crippen molar-refractivity contribution in [3.63, 3.8) is 0 Å². The quantitative estimate of drug-likeness (QED) is 0.764. The molecule has 100 valence electrons. The number of benzene rings is 2.